The third-order valence-electron chi connectivity index (χ3n) is 12.9. The van der Waals surface area contributed by atoms with Gasteiger partial charge in [-0.25, -0.2) is 28.0 Å². The van der Waals surface area contributed by atoms with Gasteiger partial charge in [0.05, 0.1) is 36.3 Å². The quantitative estimate of drug-likeness (QED) is 0.115. The van der Waals surface area contributed by atoms with E-state index in [4.69, 9.17) is 24.2 Å². The van der Waals surface area contributed by atoms with Gasteiger partial charge in [-0.15, -0.1) is 11.3 Å². The number of benzene rings is 2. The van der Waals surface area contributed by atoms with Gasteiger partial charge in [0.2, 0.25) is 21.8 Å². The molecule has 0 bridgehead atoms. The SMILES string of the molecule is COc1ccc2c(O[C@@H]3C[C@H]4C(=O)N[C@]5(C(=O)O)CC5C=CCCCCC[C@H](NC(=O)O[C@H](CN5Cc6ccccc6S5(=O)=O)C(C)(C)C)C(=O)N4C3)cc(-c3csc(NC(C)C)n3)nc2c1. The standard InChI is InChI=1S/C48H59N7O10S2/c1-28(2)49-45-51-37(27-66-45)36-22-39(33-19-18-31(63-6)20-35(33)50-36)64-32-21-38-42(56)53-48(44(58)59)23-30(48)15-10-8-7-9-11-16-34(43(57)55(38)25-32)52-46(60)65-41(47(3,4)5)26-54-24-29-14-12-13-17-40(29)67(54,61)62/h10,12-15,17-20,22,27-28,30,32,34,38,41H,7-9,11,16,21,23-26H2,1-6H3,(H,49,51)(H,52,60)(H,53,56)(H,58,59)/t30?,32-,34+,38+,41-,48-/m1/s1. The van der Waals surface area contributed by atoms with Crippen LogP contribution in [0.25, 0.3) is 22.3 Å². The number of carboxylic acids is 1. The first-order valence-corrected chi connectivity index (χ1v) is 25.1. The molecular weight excluding hydrogens is 899 g/mol. The average Bonchev–Trinajstić information content (AvgIpc) is 3.51. The summed E-state index contributed by atoms with van der Waals surface area (Å²) in [6.45, 7) is 9.52. The number of aliphatic carboxylic acids is 1. The second-order valence-electron chi connectivity index (χ2n) is 19.2. The van der Waals surface area contributed by atoms with E-state index in [1.807, 2.05) is 58.2 Å². The number of sulfonamides is 1. The molecule has 8 rings (SSSR count). The number of methoxy groups -OCH3 is 1. The second-order valence-corrected chi connectivity index (χ2v) is 22.0. The van der Waals surface area contributed by atoms with E-state index >= 15 is 0 Å². The number of carboxylic acid groups (broad SMARTS) is 1. The number of allylic oxidation sites excluding steroid dienone is 1. The first-order valence-electron chi connectivity index (χ1n) is 22.8. The summed E-state index contributed by atoms with van der Waals surface area (Å²) in [5, 5.41) is 22.6. The normalized spacial score (nSPS) is 24.7. The Kier molecular flexibility index (Phi) is 13.6. The van der Waals surface area contributed by atoms with Crippen LogP contribution in [0.3, 0.4) is 0 Å². The van der Waals surface area contributed by atoms with Gasteiger partial charge in [0.15, 0.2) is 5.13 Å². The van der Waals surface area contributed by atoms with Crippen molar-refractivity contribution in [1.82, 2.24) is 29.8 Å². The molecule has 4 N–H and O–H groups in total. The summed E-state index contributed by atoms with van der Waals surface area (Å²) in [6.07, 6.45) is 4.33. The molecule has 4 aliphatic rings. The van der Waals surface area contributed by atoms with Crippen LogP contribution >= 0.6 is 11.3 Å². The summed E-state index contributed by atoms with van der Waals surface area (Å²) in [5.74, 6) is -1.77. The summed E-state index contributed by atoms with van der Waals surface area (Å²) < 4.78 is 46.7. The lowest BCUT2D eigenvalue weighted by molar-refractivity contribution is -0.145. The van der Waals surface area contributed by atoms with Crippen molar-refractivity contribution in [3.05, 3.63) is 71.6 Å². The number of pyridine rings is 1. The van der Waals surface area contributed by atoms with Crippen molar-refractivity contribution < 1.29 is 46.9 Å². The number of nitrogens with zero attached hydrogens (tertiary/aromatic N) is 4. The van der Waals surface area contributed by atoms with E-state index in [-0.39, 0.29) is 49.8 Å². The molecule has 0 radical (unpaired) electrons. The Bertz CT molecular complexity index is 2680. The molecule has 358 valence electrons. The molecule has 0 spiro atoms. The van der Waals surface area contributed by atoms with Gasteiger partial charge in [0.1, 0.15) is 47.0 Å². The number of carbonyl (C=O) groups excluding carboxylic acids is 3. The van der Waals surface area contributed by atoms with Crippen molar-refractivity contribution in [2.45, 2.75) is 127 Å². The van der Waals surface area contributed by atoms with Crippen LogP contribution in [0, 0.1) is 11.3 Å². The Labute approximate surface area is 394 Å². The number of alkyl carbamates (subject to hydrolysis) is 1. The highest BCUT2D eigenvalue weighted by molar-refractivity contribution is 7.89. The second kappa shape index (κ2) is 19.1. The van der Waals surface area contributed by atoms with E-state index in [0.717, 1.165) is 11.6 Å². The third kappa shape index (κ3) is 10.2. The number of carbonyl (C=O) groups is 4. The monoisotopic (exact) mass is 957 g/mol. The van der Waals surface area contributed by atoms with Crippen LogP contribution in [0.2, 0.25) is 0 Å². The highest BCUT2D eigenvalue weighted by atomic mass is 32.2. The predicted octanol–water partition coefficient (Wildman–Crippen LogP) is 6.73. The third-order valence-corrected chi connectivity index (χ3v) is 15.6. The molecule has 6 atom stereocenters. The van der Waals surface area contributed by atoms with Crippen LogP contribution in [0.15, 0.2) is 71.0 Å². The summed E-state index contributed by atoms with van der Waals surface area (Å²) in [4.78, 5) is 67.5. The molecule has 17 nitrogen and oxygen atoms in total. The summed E-state index contributed by atoms with van der Waals surface area (Å²) in [7, 11) is -2.27. The molecule has 67 heavy (non-hydrogen) atoms. The van der Waals surface area contributed by atoms with Crippen molar-refractivity contribution in [2.24, 2.45) is 11.3 Å². The van der Waals surface area contributed by atoms with Crippen LogP contribution in [0.5, 0.6) is 11.5 Å². The number of anilines is 1. The van der Waals surface area contributed by atoms with E-state index in [0.29, 0.717) is 58.6 Å². The Morgan fingerprint density at radius 2 is 1.85 bits per heavy atom. The fraction of sp³-hybridized carbons (Fsp3) is 0.500. The number of hydrogen-bond acceptors (Lipinski definition) is 13. The molecule has 1 saturated heterocycles. The zero-order valence-corrected chi connectivity index (χ0v) is 40.2. The molecule has 19 heteroatoms. The highest BCUT2D eigenvalue weighted by Crippen LogP contribution is 2.46. The molecule has 2 aromatic carbocycles. The number of amides is 3. The van der Waals surface area contributed by atoms with Crippen molar-refractivity contribution >= 4 is 61.3 Å². The van der Waals surface area contributed by atoms with Crippen molar-refractivity contribution in [2.75, 3.05) is 25.5 Å². The van der Waals surface area contributed by atoms with Gasteiger partial charge < -0.3 is 40.2 Å². The Morgan fingerprint density at radius 1 is 1.06 bits per heavy atom. The molecule has 5 heterocycles. The molecule has 3 aliphatic heterocycles. The fourth-order valence-electron chi connectivity index (χ4n) is 9.00. The van der Waals surface area contributed by atoms with Gasteiger partial charge in [-0.3, -0.25) is 9.59 Å². The molecule has 3 amide bonds. The molecule has 4 aromatic rings. The number of nitrogens with one attached hydrogen (secondary N) is 3. The summed E-state index contributed by atoms with van der Waals surface area (Å²) >= 11 is 1.44. The zero-order chi connectivity index (χ0) is 47.8. The largest absolute Gasteiger partial charge is 0.497 e. The van der Waals surface area contributed by atoms with Crippen LogP contribution in [0.1, 0.15) is 85.1 Å². The lowest BCUT2D eigenvalue weighted by atomic mass is 9.89. The molecular formula is C48H59N7O10S2. The molecule has 1 saturated carbocycles. The number of aromatic nitrogens is 2. The van der Waals surface area contributed by atoms with E-state index < -0.39 is 75.1 Å². The number of ether oxygens (including phenoxy) is 3. The minimum atomic E-state index is -3.84. The van der Waals surface area contributed by atoms with Crippen molar-refractivity contribution in [3.8, 4) is 22.9 Å². The fourth-order valence-corrected chi connectivity index (χ4v) is 11.5. The van der Waals surface area contributed by atoms with Crippen LogP contribution < -0.4 is 25.4 Å². The number of fused-ring (bicyclic) bond motifs is 4. The summed E-state index contributed by atoms with van der Waals surface area (Å²) in [5.41, 5.74) is 0.134. The van der Waals surface area contributed by atoms with E-state index in [2.05, 4.69) is 16.0 Å². The predicted molar refractivity (Wildman–Crippen MR) is 252 cm³/mol. The smallest absolute Gasteiger partial charge is 0.408 e. The Morgan fingerprint density at radius 3 is 2.58 bits per heavy atom. The average molecular weight is 958 g/mol. The van der Waals surface area contributed by atoms with Crippen LogP contribution in [-0.2, 0) is 35.7 Å². The van der Waals surface area contributed by atoms with E-state index in [9.17, 15) is 32.7 Å². The minimum Gasteiger partial charge on any atom is -0.497 e. The van der Waals surface area contributed by atoms with Gasteiger partial charge in [-0.05, 0) is 63.3 Å². The first-order chi connectivity index (χ1) is 31.9. The highest BCUT2D eigenvalue weighted by Gasteiger charge is 2.61. The van der Waals surface area contributed by atoms with Gasteiger partial charge in [-0.2, -0.15) is 4.31 Å². The zero-order valence-electron chi connectivity index (χ0n) is 38.6. The molecule has 1 unspecified atom stereocenters. The lowest BCUT2D eigenvalue weighted by Gasteiger charge is -2.34. The van der Waals surface area contributed by atoms with Gasteiger partial charge in [0, 0.05) is 53.2 Å². The Balaban J connectivity index is 1.08. The minimum absolute atomic E-state index is 0.0121. The van der Waals surface area contributed by atoms with Crippen LogP contribution in [0.4, 0.5) is 9.93 Å². The molecule has 1 aliphatic carbocycles. The maximum Gasteiger partial charge on any atom is 0.408 e. The Hall–Kier alpha value is -5.79. The topological polar surface area (TPSA) is 219 Å². The molecule has 2 fully saturated rings. The van der Waals surface area contributed by atoms with Crippen molar-refractivity contribution in [1.29, 1.82) is 0 Å². The van der Waals surface area contributed by atoms with Gasteiger partial charge >= 0.3 is 12.1 Å². The van der Waals surface area contributed by atoms with E-state index in [1.54, 1.807) is 49.6 Å². The maximum absolute atomic E-state index is 15.0. The lowest BCUT2D eigenvalue weighted by Crippen LogP contribution is -2.56. The summed E-state index contributed by atoms with van der Waals surface area (Å²) in [6, 6.07) is 11.8. The van der Waals surface area contributed by atoms with Gasteiger partial charge in [-0.1, -0.05) is 64.0 Å². The van der Waals surface area contributed by atoms with Gasteiger partial charge in [0.25, 0.3) is 0 Å². The first kappa shape index (κ1) is 47.7. The number of hydrogen-bond donors (Lipinski definition) is 4. The van der Waals surface area contributed by atoms with Crippen LogP contribution in [-0.4, -0.2) is 113 Å². The number of thiazole rings is 1. The van der Waals surface area contributed by atoms with E-state index in [1.165, 1.54) is 20.5 Å². The maximum atomic E-state index is 15.0. The van der Waals surface area contributed by atoms with Crippen molar-refractivity contribution in [3.63, 3.8) is 0 Å². The number of rotatable bonds is 11. The molecule has 2 aromatic heterocycles.